The van der Waals surface area contributed by atoms with Gasteiger partial charge in [0.1, 0.15) is 0 Å². The maximum Gasteiger partial charge on any atom is 0.418 e. The summed E-state index contributed by atoms with van der Waals surface area (Å²) in [6.45, 7) is 0.186. The minimum absolute atomic E-state index is 0.0110. The highest BCUT2D eigenvalue weighted by atomic mass is 19.4. The molecule has 1 aromatic heterocycles. The first-order valence-corrected chi connectivity index (χ1v) is 16.3. The number of piperidine rings is 1. The van der Waals surface area contributed by atoms with Gasteiger partial charge in [-0.2, -0.15) is 39.5 Å². The number of benzene rings is 3. The van der Waals surface area contributed by atoms with Crippen molar-refractivity contribution in [2.24, 2.45) is 5.92 Å². The van der Waals surface area contributed by atoms with Crippen LogP contribution >= 0.6 is 0 Å². The molecular weight excluding hydrogens is 707 g/mol. The lowest BCUT2D eigenvalue weighted by Gasteiger charge is -2.39. The molecule has 2 N–H and O–H groups in total. The van der Waals surface area contributed by atoms with Crippen LogP contribution in [-0.4, -0.2) is 60.3 Å². The van der Waals surface area contributed by atoms with Gasteiger partial charge >= 0.3 is 24.5 Å². The molecule has 2 fully saturated rings. The zero-order valence-corrected chi connectivity index (χ0v) is 27.4. The van der Waals surface area contributed by atoms with Crippen molar-refractivity contribution < 1.29 is 49.4 Å². The quantitative estimate of drug-likeness (QED) is 0.176. The van der Waals surface area contributed by atoms with Crippen LogP contribution in [0, 0.1) is 5.92 Å². The SMILES string of the molecule is O=C(O)C1CCN(c2cccc(C(F)(F)F)c2CN(c2ccc(N3CCN(c4cccc(C(F)(F)F)c4)CC3)c(C(F)(F)F)c2)c2ncc[nH]2)CC1. The van der Waals surface area contributed by atoms with Crippen LogP contribution in [-0.2, 0) is 29.9 Å². The fourth-order valence-electron chi connectivity index (χ4n) is 6.80. The van der Waals surface area contributed by atoms with Crippen molar-refractivity contribution in [3.05, 3.63) is 95.3 Å². The van der Waals surface area contributed by atoms with E-state index in [1.54, 1.807) is 9.80 Å². The van der Waals surface area contributed by atoms with E-state index in [0.29, 0.717) is 5.69 Å². The van der Waals surface area contributed by atoms with Crippen LogP contribution in [0.25, 0.3) is 0 Å². The molecule has 0 radical (unpaired) electrons. The van der Waals surface area contributed by atoms with Crippen molar-refractivity contribution in [3.8, 4) is 0 Å². The van der Waals surface area contributed by atoms with Crippen LogP contribution in [0.15, 0.2) is 73.1 Å². The molecule has 278 valence electrons. The number of hydrogen-bond donors (Lipinski definition) is 2. The van der Waals surface area contributed by atoms with Crippen LogP contribution < -0.4 is 19.6 Å². The largest absolute Gasteiger partial charge is 0.481 e. The Labute approximate surface area is 292 Å². The average Bonchev–Trinajstić information content (AvgIpc) is 3.64. The summed E-state index contributed by atoms with van der Waals surface area (Å²) < 4.78 is 128. The summed E-state index contributed by atoms with van der Waals surface area (Å²) in [5, 5.41) is 9.42. The first-order chi connectivity index (χ1) is 24.5. The number of imidazole rings is 1. The maximum atomic E-state index is 14.7. The molecule has 0 aliphatic carbocycles. The minimum Gasteiger partial charge on any atom is -0.481 e. The van der Waals surface area contributed by atoms with E-state index >= 15 is 0 Å². The van der Waals surface area contributed by atoms with Gasteiger partial charge in [0.05, 0.1) is 29.2 Å². The summed E-state index contributed by atoms with van der Waals surface area (Å²) in [4.78, 5) is 24.5. The normalized spacial score (nSPS) is 16.4. The number of carboxylic acids is 1. The molecule has 3 heterocycles. The third kappa shape index (κ3) is 7.87. The molecule has 8 nitrogen and oxygen atoms in total. The highest BCUT2D eigenvalue weighted by Gasteiger charge is 2.39. The van der Waals surface area contributed by atoms with Gasteiger partial charge in [-0.3, -0.25) is 4.79 Å². The van der Waals surface area contributed by atoms with Crippen molar-refractivity contribution in [1.29, 1.82) is 0 Å². The van der Waals surface area contributed by atoms with E-state index in [0.717, 1.165) is 24.3 Å². The minimum atomic E-state index is -4.89. The van der Waals surface area contributed by atoms with E-state index in [-0.39, 0.29) is 80.7 Å². The molecule has 6 rings (SSSR count). The molecule has 52 heavy (non-hydrogen) atoms. The highest BCUT2D eigenvalue weighted by molar-refractivity contribution is 5.71. The van der Waals surface area contributed by atoms with E-state index in [2.05, 4.69) is 9.97 Å². The summed E-state index contributed by atoms with van der Waals surface area (Å²) >= 11 is 0. The lowest BCUT2D eigenvalue weighted by Crippen LogP contribution is -2.47. The van der Waals surface area contributed by atoms with Crippen LogP contribution in [0.1, 0.15) is 35.1 Å². The molecule has 3 aromatic carbocycles. The molecule has 2 aliphatic rings. The van der Waals surface area contributed by atoms with Gasteiger partial charge in [-0.1, -0.05) is 12.1 Å². The molecule has 4 aromatic rings. The third-order valence-electron chi connectivity index (χ3n) is 9.45. The van der Waals surface area contributed by atoms with E-state index in [1.807, 2.05) is 0 Å². The molecule has 17 heteroatoms. The van der Waals surface area contributed by atoms with Crippen molar-refractivity contribution in [3.63, 3.8) is 0 Å². The zero-order chi connectivity index (χ0) is 37.4. The summed E-state index contributed by atoms with van der Waals surface area (Å²) in [5.41, 5.74) is -2.90. The fourth-order valence-corrected chi connectivity index (χ4v) is 6.80. The summed E-state index contributed by atoms with van der Waals surface area (Å²) in [6.07, 6.45) is -11.1. The van der Waals surface area contributed by atoms with Crippen LogP contribution in [0.3, 0.4) is 0 Å². The van der Waals surface area contributed by atoms with Crippen molar-refractivity contribution >= 4 is 34.7 Å². The number of anilines is 5. The van der Waals surface area contributed by atoms with Gasteiger partial charge in [0, 0.05) is 80.0 Å². The second-order valence-electron chi connectivity index (χ2n) is 12.6. The van der Waals surface area contributed by atoms with Crippen molar-refractivity contribution in [1.82, 2.24) is 9.97 Å². The number of piperazine rings is 1. The number of carbonyl (C=O) groups is 1. The van der Waals surface area contributed by atoms with E-state index in [1.165, 1.54) is 58.6 Å². The lowest BCUT2D eigenvalue weighted by atomic mass is 9.95. The smallest absolute Gasteiger partial charge is 0.418 e. The van der Waals surface area contributed by atoms with E-state index in [9.17, 15) is 49.4 Å². The number of carboxylic acid groups (broad SMARTS) is 1. The van der Waals surface area contributed by atoms with E-state index in [4.69, 9.17) is 0 Å². The van der Waals surface area contributed by atoms with Crippen LogP contribution in [0.5, 0.6) is 0 Å². The standard InChI is InChI=1S/C35H33F9N6O2/c36-33(37,38)23-3-1-4-24(19-23)47-15-17-49(18-16-47)30-8-7-25(20-28(30)35(42,43)44)50(32-45-11-12-46-32)21-26-27(34(39,40)41)5-2-6-29(26)48-13-9-22(10-14-48)31(51)52/h1-8,11-12,19-20,22H,9-10,13-18,21H2,(H,45,46)(H,51,52). The van der Waals surface area contributed by atoms with Gasteiger partial charge in [0.25, 0.3) is 0 Å². The number of aromatic amines is 1. The number of nitrogens with one attached hydrogen (secondary N) is 1. The monoisotopic (exact) mass is 740 g/mol. The van der Waals surface area contributed by atoms with Gasteiger partial charge in [-0.05, 0) is 61.4 Å². The van der Waals surface area contributed by atoms with Crippen LogP contribution in [0.4, 0.5) is 68.2 Å². The van der Waals surface area contributed by atoms with Gasteiger partial charge in [-0.25, -0.2) is 4.98 Å². The molecule has 2 aliphatic heterocycles. The first-order valence-electron chi connectivity index (χ1n) is 16.3. The first kappa shape index (κ1) is 36.7. The Balaban J connectivity index is 1.33. The molecule has 2 saturated heterocycles. The number of H-pyrrole nitrogens is 1. The summed E-state index contributed by atoms with van der Waals surface area (Å²) in [6, 6.07) is 11.8. The predicted molar refractivity (Wildman–Crippen MR) is 176 cm³/mol. The zero-order valence-electron chi connectivity index (χ0n) is 27.4. The maximum absolute atomic E-state index is 14.7. The molecule has 0 unspecified atom stereocenters. The number of nitrogens with zero attached hydrogens (tertiary/aromatic N) is 5. The Morgan fingerprint density at radius 2 is 1.38 bits per heavy atom. The number of rotatable bonds is 8. The molecular formula is C35H33F9N6O2. The molecule has 0 spiro atoms. The third-order valence-corrected chi connectivity index (χ3v) is 9.45. The van der Waals surface area contributed by atoms with Gasteiger partial charge in [0.2, 0.25) is 5.95 Å². The Morgan fingerprint density at radius 3 is 1.98 bits per heavy atom. The second kappa shape index (κ2) is 14.1. The number of hydrogen-bond acceptors (Lipinski definition) is 6. The fraction of sp³-hybridized carbons (Fsp3) is 0.371. The van der Waals surface area contributed by atoms with Gasteiger partial charge in [-0.15, -0.1) is 0 Å². The number of aliphatic carboxylic acids is 1. The second-order valence-corrected chi connectivity index (χ2v) is 12.6. The van der Waals surface area contributed by atoms with Crippen molar-refractivity contribution in [2.45, 2.75) is 37.9 Å². The molecule has 0 bridgehead atoms. The molecule has 0 saturated carbocycles. The number of alkyl halides is 9. The Hall–Kier alpha value is -5.09. The highest BCUT2D eigenvalue weighted by Crippen LogP contribution is 2.43. The van der Waals surface area contributed by atoms with Gasteiger partial charge < -0.3 is 29.7 Å². The number of halogens is 9. The summed E-state index contributed by atoms with van der Waals surface area (Å²) in [7, 11) is 0. The van der Waals surface area contributed by atoms with Crippen molar-refractivity contribution in [2.75, 3.05) is 58.9 Å². The number of aromatic nitrogens is 2. The predicted octanol–water partition coefficient (Wildman–Crippen LogP) is 8.43. The molecule has 0 amide bonds. The average molecular weight is 741 g/mol. The topological polar surface area (TPSA) is 78.9 Å². The van der Waals surface area contributed by atoms with Crippen LogP contribution in [0.2, 0.25) is 0 Å². The van der Waals surface area contributed by atoms with E-state index < -0.39 is 53.7 Å². The Bertz CT molecular complexity index is 1860. The summed E-state index contributed by atoms with van der Waals surface area (Å²) in [5.74, 6) is -1.65. The Morgan fingerprint density at radius 1 is 0.750 bits per heavy atom. The lowest BCUT2D eigenvalue weighted by molar-refractivity contribution is -0.142. The Kier molecular flexibility index (Phi) is 9.98. The molecule has 0 atom stereocenters. The van der Waals surface area contributed by atoms with Gasteiger partial charge in [0.15, 0.2) is 0 Å².